The van der Waals surface area contributed by atoms with Crippen LogP contribution in [0.5, 0.6) is 17.2 Å². The van der Waals surface area contributed by atoms with E-state index in [0.717, 1.165) is 18.1 Å². The molecule has 2 aromatic rings. The van der Waals surface area contributed by atoms with Gasteiger partial charge in [-0.2, -0.15) is 13.2 Å². The van der Waals surface area contributed by atoms with Crippen molar-refractivity contribution in [2.45, 2.75) is 19.5 Å². The Morgan fingerprint density at radius 1 is 1.05 bits per heavy atom. The van der Waals surface area contributed by atoms with E-state index in [1.807, 2.05) is 6.92 Å². The maximum Gasteiger partial charge on any atom is 0.420 e. The van der Waals surface area contributed by atoms with E-state index in [0.29, 0.717) is 5.75 Å². The number of hydrogen-bond acceptors (Lipinski definition) is 3. The Labute approximate surface area is 126 Å². The molecule has 0 aliphatic heterocycles. The first-order chi connectivity index (χ1) is 10.3. The number of benzene rings is 2. The summed E-state index contributed by atoms with van der Waals surface area (Å²) in [6, 6.07) is 8.36. The van der Waals surface area contributed by atoms with E-state index < -0.39 is 11.7 Å². The van der Waals surface area contributed by atoms with E-state index in [4.69, 9.17) is 15.2 Å². The van der Waals surface area contributed by atoms with Gasteiger partial charge in [-0.1, -0.05) is 13.0 Å². The van der Waals surface area contributed by atoms with Gasteiger partial charge in [-0.05, 0) is 36.2 Å². The van der Waals surface area contributed by atoms with Gasteiger partial charge in [-0.25, -0.2) is 0 Å². The Bertz CT molecular complexity index is 669. The molecule has 0 spiro atoms. The highest BCUT2D eigenvalue weighted by atomic mass is 19.4. The molecule has 0 saturated carbocycles. The first kappa shape index (κ1) is 16.0. The van der Waals surface area contributed by atoms with Crippen molar-refractivity contribution in [1.29, 1.82) is 0 Å². The smallest absolute Gasteiger partial charge is 0.420 e. The highest BCUT2D eigenvalue weighted by Crippen LogP contribution is 2.39. The molecule has 0 heterocycles. The lowest BCUT2D eigenvalue weighted by Crippen LogP contribution is -2.08. The first-order valence-corrected chi connectivity index (χ1v) is 6.66. The molecular weight excluding hydrogens is 295 g/mol. The van der Waals surface area contributed by atoms with Crippen molar-refractivity contribution >= 4 is 5.69 Å². The second-order valence-electron chi connectivity index (χ2n) is 4.68. The van der Waals surface area contributed by atoms with Gasteiger partial charge >= 0.3 is 6.18 Å². The van der Waals surface area contributed by atoms with Gasteiger partial charge in [-0.15, -0.1) is 0 Å². The standard InChI is InChI=1S/C16H16F3NO2/c1-3-10-4-6-12(9-15(10)21-2)22-14-7-5-11(20)8-13(14)16(17,18)19/h4-9H,3,20H2,1-2H3. The average Bonchev–Trinajstić information content (AvgIpc) is 2.48. The summed E-state index contributed by atoms with van der Waals surface area (Å²) in [5.74, 6) is 0.543. The monoisotopic (exact) mass is 311 g/mol. The van der Waals surface area contributed by atoms with Gasteiger partial charge in [0.05, 0.1) is 7.11 Å². The maximum absolute atomic E-state index is 13.0. The Hall–Kier alpha value is -2.37. The molecule has 0 radical (unpaired) electrons. The van der Waals surface area contributed by atoms with Gasteiger partial charge in [-0.3, -0.25) is 0 Å². The van der Waals surface area contributed by atoms with Crippen molar-refractivity contribution < 1.29 is 22.6 Å². The van der Waals surface area contributed by atoms with Crippen LogP contribution in [0.4, 0.5) is 18.9 Å². The van der Waals surface area contributed by atoms with Gasteiger partial charge in [0.1, 0.15) is 22.8 Å². The van der Waals surface area contributed by atoms with Crippen molar-refractivity contribution in [1.82, 2.24) is 0 Å². The van der Waals surface area contributed by atoms with Gasteiger partial charge in [0, 0.05) is 11.8 Å². The Morgan fingerprint density at radius 2 is 1.77 bits per heavy atom. The van der Waals surface area contributed by atoms with Crippen molar-refractivity contribution in [3.05, 3.63) is 47.5 Å². The van der Waals surface area contributed by atoms with Crippen molar-refractivity contribution in [3.63, 3.8) is 0 Å². The zero-order valence-electron chi connectivity index (χ0n) is 12.2. The lowest BCUT2D eigenvalue weighted by atomic mass is 10.1. The van der Waals surface area contributed by atoms with Crippen LogP contribution < -0.4 is 15.2 Å². The van der Waals surface area contributed by atoms with Crippen LogP contribution in [-0.4, -0.2) is 7.11 Å². The summed E-state index contributed by atoms with van der Waals surface area (Å²) < 4.78 is 49.7. The second-order valence-corrected chi connectivity index (χ2v) is 4.68. The molecule has 0 unspecified atom stereocenters. The molecule has 118 valence electrons. The predicted octanol–water partition coefficient (Wildman–Crippen LogP) is 4.65. The molecule has 2 rings (SSSR count). The topological polar surface area (TPSA) is 44.5 Å². The zero-order chi connectivity index (χ0) is 16.3. The van der Waals surface area contributed by atoms with E-state index in [1.54, 1.807) is 18.2 Å². The van der Waals surface area contributed by atoms with E-state index in [-0.39, 0.29) is 17.2 Å². The molecule has 2 N–H and O–H groups in total. The number of aryl methyl sites for hydroxylation is 1. The predicted molar refractivity (Wildman–Crippen MR) is 78.3 cm³/mol. The number of hydrogen-bond donors (Lipinski definition) is 1. The molecule has 0 amide bonds. The van der Waals surface area contributed by atoms with Crippen molar-refractivity contribution in [2.24, 2.45) is 0 Å². The summed E-state index contributed by atoms with van der Waals surface area (Å²) in [6.07, 6.45) is -3.79. The molecular formula is C16H16F3NO2. The average molecular weight is 311 g/mol. The van der Waals surface area contributed by atoms with Gasteiger partial charge in [0.25, 0.3) is 0 Å². The summed E-state index contributed by atoms with van der Waals surface area (Å²) in [6.45, 7) is 1.96. The van der Waals surface area contributed by atoms with E-state index >= 15 is 0 Å². The Morgan fingerprint density at radius 3 is 2.36 bits per heavy atom. The molecule has 22 heavy (non-hydrogen) atoms. The molecule has 0 atom stereocenters. The van der Waals surface area contributed by atoms with Crippen LogP contribution in [0.15, 0.2) is 36.4 Å². The number of halogens is 3. The summed E-state index contributed by atoms with van der Waals surface area (Å²) >= 11 is 0. The normalized spacial score (nSPS) is 11.3. The molecule has 3 nitrogen and oxygen atoms in total. The first-order valence-electron chi connectivity index (χ1n) is 6.66. The molecule has 0 fully saturated rings. The quantitative estimate of drug-likeness (QED) is 0.836. The molecule has 0 aliphatic rings. The largest absolute Gasteiger partial charge is 0.496 e. The minimum absolute atomic E-state index is 0.0265. The fourth-order valence-corrected chi connectivity index (χ4v) is 2.07. The molecule has 6 heteroatoms. The third kappa shape index (κ3) is 3.44. The van der Waals surface area contributed by atoms with E-state index in [9.17, 15) is 13.2 Å². The summed E-state index contributed by atoms with van der Waals surface area (Å²) in [5, 5.41) is 0. The number of ether oxygens (including phenoxy) is 2. The summed E-state index contributed by atoms with van der Waals surface area (Å²) in [7, 11) is 1.50. The van der Waals surface area contributed by atoms with Crippen LogP contribution in [-0.2, 0) is 12.6 Å². The third-order valence-electron chi connectivity index (χ3n) is 3.18. The van der Waals surface area contributed by atoms with Crippen LogP contribution in [0.3, 0.4) is 0 Å². The van der Waals surface area contributed by atoms with E-state index in [1.165, 1.54) is 19.2 Å². The van der Waals surface area contributed by atoms with Gasteiger partial charge in [0.2, 0.25) is 0 Å². The fourth-order valence-electron chi connectivity index (χ4n) is 2.07. The number of rotatable bonds is 4. The van der Waals surface area contributed by atoms with Crippen LogP contribution in [0.2, 0.25) is 0 Å². The van der Waals surface area contributed by atoms with Crippen LogP contribution in [0.1, 0.15) is 18.1 Å². The van der Waals surface area contributed by atoms with Crippen molar-refractivity contribution in [2.75, 3.05) is 12.8 Å². The lowest BCUT2D eigenvalue weighted by Gasteiger charge is -2.15. The number of anilines is 1. The Kier molecular flexibility index (Phi) is 4.49. The van der Waals surface area contributed by atoms with E-state index in [2.05, 4.69) is 0 Å². The number of nitrogens with two attached hydrogens (primary N) is 1. The number of alkyl halides is 3. The molecule has 0 saturated heterocycles. The summed E-state index contributed by atoms with van der Waals surface area (Å²) in [5.41, 5.74) is 5.49. The lowest BCUT2D eigenvalue weighted by molar-refractivity contribution is -0.138. The fraction of sp³-hybridized carbons (Fsp3) is 0.250. The minimum Gasteiger partial charge on any atom is -0.496 e. The zero-order valence-corrected chi connectivity index (χ0v) is 12.2. The summed E-state index contributed by atoms with van der Waals surface area (Å²) in [4.78, 5) is 0. The number of methoxy groups -OCH3 is 1. The molecule has 0 bridgehead atoms. The molecule has 0 aliphatic carbocycles. The minimum atomic E-state index is -4.54. The van der Waals surface area contributed by atoms with Crippen LogP contribution in [0, 0.1) is 0 Å². The SMILES string of the molecule is CCc1ccc(Oc2ccc(N)cc2C(F)(F)F)cc1OC. The maximum atomic E-state index is 13.0. The highest BCUT2D eigenvalue weighted by Gasteiger charge is 2.34. The number of nitrogen functional groups attached to an aromatic ring is 1. The second kappa shape index (κ2) is 6.17. The van der Waals surface area contributed by atoms with Gasteiger partial charge in [0.15, 0.2) is 0 Å². The Balaban J connectivity index is 2.39. The molecule has 2 aromatic carbocycles. The van der Waals surface area contributed by atoms with Crippen molar-refractivity contribution in [3.8, 4) is 17.2 Å². The third-order valence-corrected chi connectivity index (χ3v) is 3.18. The molecule has 0 aromatic heterocycles. The van der Waals surface area contributed by atoms with Crippen LogP contribution >= 0.6 is 0 Å². The van der Waals surface area contributed by atoms with Gasteiger partial charge < -0.3 is 15.2 Å². The highest BCUT2D eigenvalue weighted by molar-refractivity contribution is 5.51. The van der Waals surface area contributed by atoms with Crippen LogP contribution in [0.25, 0.3) is 0 Å².